The quantitative estimate of drug-likeness (QED) is 0.898. The number of thiazole rings is 1. The maximum absolute atomic E-state index is 11.8. The summed E-state index contributed by atoms with van der Waals surface area (Å²) in [6.45, 7) is 0.618. The number of hydrogen-bond donors (Lipinski definition) is 1. The zero-order chi connectivity index (χ0) is 12.8. The van der Waals surface area contributed by atoms with Gasteiger partial charge in [-0.1, -0.05) is 0 Å². The lowest BCUT2D eigenvalue weighted by molar-refractivity contribution is 0.0954. The number of ether oxygens (including phenoxy) is 1. The highest BCUT2D eigenvalue weighted by atomic mass is 32.1. The van der Waals surface area contributed by atoms with Gasteiger partial charge in [0, 0.05) is 29.6 Å². The molecule has 0 radical (unpaired) electrons. The van der Waals surface area contributed by atoms with Gasteiger partial charge in [0.1, 0.15) is 5.75 Å². The predicted molar refractivity (Wildman–Crippen MR) is 71.1 cm³/mol. The van der Waals surface area contributed by atoms with Gasteiger partial charge in [-0.3, -0.25) is 9.78 Å². The highest BCUT2D eigenvalue weighted by Gasteiger charge is 2.05. The number of benzene rings is 1. The molecule has 0 aliphatic rings. The van der Waals surface area contributed by atoms with Crippen LogP contribution in [0.5, 0.6) is 5.75 Å². The van der Waals surface area contributed by atoms with Crippen LogP contribution in [0.4, 0.5) is 0 Å². The minimum absolute atomic E-state index is 0.0674. The second-order valence-corrected chi connectivity index (χ2v) is 4.67. The van der Waals surface area contributed by atoms with Crippen molar-refractivity contribution >= 4 is 17.2 Å². The van der Waals surface area contributed by atoms with E-state index in [4.69, 9.17) is 4.74 Å². The summed E-state index contributed by atoms with van der Waals surface area (Å²) in [5, 5.41) is 2.87. The van der Waals surface area contributed by atoms with Crippen molar-refractivity contribution in [3.63, 3.8) is 0 Å². The van der Waals surface area contributed by atoms with Crippen LogP contribution in [0.3, 0.4) is 0 Å². The second-order valence-electron chi connectivity index (χ2n) is 3.70. The highest BCUT2D eigenvalue weighted by Crippen LogP contribution is 2.11. The van der Waals surface area contributed by atoms with Crippen LogP contribution in [0.25, 0.3) is 0 Å². The minimum Gasteiger partial charge on any atom is -0.497 e. The lowest BCUT2D eigenvalue weighted by Gasteiger charge is -2.05. The van der Waals surface area contributed by atoms with E-state index in [-0.39, 0.29) is 5.91 Å². The van der Waals surface area contributed by atoms with Crippen molar-refractivity contribution in [1.29, 1.82) is 0 Å². The summed E-state index contributed by atoms with van der Waals surface area (Å²) in [6, 6.07) is 7.05. The predicted octanol–water partition coefficient (Wildman–Crippen LogP) is 2.12. The molecule has 0 bridgehead atoms. The Hall–Kier alpha value is -1.88. The Morgan fingerprint density at radius 3 is 2.78 bits per heavy atom. The fourth-order valence-electron chi connectivity index (χ4n) is 1.51. The van der Waals surface area contributed by atoms with Gasteiger partial charge in [0.25, 0.3) is 5.91 Å². The molecule has 0 fully saturated rings. The Bertz CT molecular complexity index is 494. The Labute approximate surface area is 110 Å². The molecule has 0 unspecified atom stereocenters. The van der Waals surface area contributed by atoms with E-state index in [9.17, 15) is 4.79 Å². The molecule has 94 valence electrons. The van der Waals surface area contributed by atoms with Crippen molar-refractivity contribution in [3.8, 4) is 5.75 Å². The summed E-state index contributed by atoms with van der Waals surface area (Å²) in [4.78, 5) is 17.0. The Morgan fingerprint density at radius 1 is 1.39 bits per heavy atom. The van der Waals surface area contributed by atoms with Crippen LogP contribution in [0.2, 0.25) is 0 Å². The standard InChI is InChI=1S/C13H14N2O2S/c1-17-11-4-2-10(3-5-11)13(16)15-7-6-12-8-14-9-18-12/h2-5,8-9H,6-7H2,1H3,(H,15,16). The number of nitrogens with zero attached hydrogens (tertiary/aromatic N) is 1. The molecule has 2 rings (SSSR count). The molecule has 1 heterocycles. The highest BCUT2D eigenvalue weighted by molar-refractivity contribution is 7.09. The lowest BCUT2D eigenvalue weighted by atomic mass is 10.2. The lowest BCUT2D eigenvalue weighted by Crippen LogP contribution is -2.25. The Morgan fingerprint density at radius 2 is 2.17 bits per heavy atom. The molecule has 5 heteroatoms. The number of methoxy groups -OCH3 is 1. The summed E-state index contributed by atoms with van der Waals surface area (Å²) in [5.74, 6) is 0.679. The van der Waals surface area contributed by atoms with Crippen LogP contribution in [-0.2, 0) is 6.42 Å². The number of aromatic nitrogens is 1. The van der Waals surface area contributed by atoms with Crippen LogP contribution in [-0.4, -0.2) is 24.5 Å². The van der Waals surface area contributed by atoms with E-state index in [1.807, 2.05) is 6.20 Å². The van der Waals surface area contributed by atoms with Crippen LogP contribution in [0.1, 0.15) is 15.2 Å². The van der Waals surface area contributed by atoms with Gasteiger partial charge in [-0.25, -0.2) is 0 Å². The van der Waals surface area contributed by atoms with Crippen molar-refractivity contribution in [2.24, 2.45) is 0 Å². The van der Waals surface area contributed by atoms with Gasteiger partial charge < -0.3 is 10.1 Å². The molecule has 2 aromatic rings. The number of carbonyl (C=O) groups excluding carboxylic acids is 1. The molecular formula is C13H14N2O2S. The molecule has 1 N–H and O–H groups in total. The van der Waals surface area contributed by atoms with E-state index in [2.05, 4.69) is 10.3 Å². The molecule has 0 aliphatic carbocycles. The molecular weight excluding hydrogens is 248 g/mol. The van der Waals surface area contributed by atoms with E-state index in [1.54, 1.807) is 48.2 Å². The smallest absolute Gasteiger partial charge is 0.251 e. The van der Waals surface area contributed by atoms with Gasteiger partial charge in [-0.2, -0.15) is 0 Å². The van der Waals surface area contributed by atoms with E-state index in [1.165, 1.54) is 4.88 Å². The summed E-state index contributed by atoms with van der Waals surface area (Å²) in [6.07, 6.45) is 2.64. The number of hydrogen-bond acceptors (Lipinski definition) is 4. The van der Waals surface area contributed by atoms with Gasteiger partial charge in [-0.15, -0.1) is 11.3 Å². The minimum atomic E-state index is -0.0674. The first-order valence-electron chi connectivity index (χ1n) is 5.59. The van der Waals surface area contributed by atoms with Crippen molar-refractivity contribution in [2.75, 3.05) is 13.7 Å². The van der Waals surface area contributed by atoms with Crippen molar-refractivity contribution < 1.29 is 9.53 Å². The monoisotopic (exact) mass is 262 g/mol. The second kappa shape index (κ2) is 6.16. The third-order valence-corrected chi connectivity index (χ3v) is 3.33. The van der Waals surface area contributed by atoms with E-state index in [0.29, 0.717) is 12.1 Å². The normalized spacial score (nSPS) is 10.1. The largest absolute Gasteiger partial charge is 0.497 e. The number of nitrogens with one attached hydrogen (secondary N) is 1. The molecule has 0 atom stereocenters. The first kappa shape index (κ1) is 12.6. The SMILES string of the molecule is COc1ccc(C(=O)NCCc2cncs2)cc1. The summed E-state index contributed by atoms with van der Waals surface area (Å²) < 4.78 is 5.04. The maximum atomic E-state index is 11.8. The van der Waals surface area contributed by atoms with Crippen molar-refractivity contribution in [3.05, 3.63) is 46.4 Å². The molecule has 0 saturated heterocycles. The molecule has 0 aliphatic heterocycles. The number of amides is 1. The molecule has 1 amide bonds. The average Bonchev–Trinajstić information content (AvgIpc) is 2.92. The summed E-state index contributed by atoms with van der Waals surface area (Å²) in [7, 11) is 1.60. The van der Waals surface area contributed by atoms with E-state index < -0.39 is 0 Å². The van der Waals surface area contributed by atoms with Gasteiger partial charge in [0.2, 0.25) is 0 Å². The molecule has 1 aromatic heterocycles. The molecule has 0 spiro atoms. The number of rotatable bonds is 5. The third kappa shape index (κ3) is 3.30. The van der Waals surface area contributed by atoms with Crippen LogP contribution < -0.4 is 10.1 Å². The fourth-order valence-corrected chi connectivity index (χ4v) is 2.11. The van der Waals surface area contributed by atoms with Crippen molar-refractivity contribution in [1.82, 2.24) is 10.3 Å². The molecule has 18 heavy (non-hydrogen) atoms. The van der Waals surface area contributed by atoms with Gasteiger partial charge in [-0.05, 0) is 24.3 Å². The topological polar surface area (TPSA) is 51.2 Å². The Kier molecular flexibility index (Phi) is 4.30. The Balaban J connectivity index is 1.83. The molecule has 0 saturated carbocycles. The van der Waals surface area contributed by atoms with Crippen LogP contribution in [0.15, 0.2) is 36.0 Å². The van der Waals surface area contributed by atoms with Crippen LogP contribution >= 0.6 is 11.3 Å². The number of carbonyl (C=O) groups is 1. The first-order chi connectivity index (χ1) is 8.79. The zero-order valence-corrected chi connectivity index (χ0v) is 10.9. The average molecular weight is 262 g/mol. The van der Waals surface area contributed by atoms with E-state index >= 15 is 0 Å². The van der Waals surface area contributed by atoms with E-state index in [0.717, 1.165) is 12.2 Å². The fraction of sp³-hybridized carbons (Fsp3) is 0.231. The van der Waals surface area contributed by atoms with Gasteiger partial charge in [0.15, 0.2) is 0 Å². The zero-order valence-electron chi connectivity index (χ0n) is 10.1. The van der Waals surface area contributed by atoms with Crippen LogP contribution in [0, 0.1) is 0 Å². The van der Waals surface area contributed by atoms with Gasteiger partial charge >= 0.3 is 0 Å². The molecule has 4 nitrogen and oxygen atoms in total. The first-order valence-corrected chi connectivity index (χ1v) is 6.47. The molecule has 1 aromatic carbocycles. The van der Waals surface area contributed by atoms with Gasteiger partial charge in [0.05, 0.1) is 12.6 Å². The summed E-state index contributed by atoms with van der Waals surface area (Å²) in [5.41, 5.74) is 2.43. The van der Waals surface area contributed by atoms with Crippen molar-refractivity contribution in [2.45, 2.75) is 6.42 Å². The summed E-state index contributed by atoms with van der Waals surface area (Å²) >= 11 is 1.60. The third-order valence-electron chi connectivity index (χ3n) is 2.49. The maximum Gasteiger partial charge on any atom is 0.251 e.